The number of fused-ring (bicyclic) bond motifs is 1. The van der Waals surface area contributed by atoms with Gasteiger partial charge in [0.25, 0.3) is 5.69 Å². The molecule has 1 aliphatic rings. The van der Waals surface area contributed by atoms with Gasteiger partial charge in [0.15, 0.2) is 9.84 Å². The number of ether oxygens (including phenoxy) is 1. The number of β-amino-alcohol motifs (C(OH)–C–C–N with tert-alkyl or cyclic N) is 1. The molecular weight excluding hydrogens is 631 g/mol. The number of non-ortho nitro benzene ring substituents is 1. The molecule has 15 heteroatoms. The Morgan fingerprint density at radius 3 is 2.33 bits per heavy atom. The molecule has 1 aliphatic heterocycles. The summed E-state index contributed by atoms with van der Waals surface area (Å²) in [6, 6.07) is 15.6. The molecule has 46 heavy (non-hydrogen) atoms. The van der Waals surface area contributed by atoms with Crippen LogP contribution in [0.1, 0.15) is 34.3 Å². The van der Waals surface area contributed by atoms with Crippen LogP contribution in [0.5, 0.6) is 5.75 Å². The van der Waals surface area contributed by atoms with Gasteiger partial charge >= 0.3 is 12.1 Å². The summed E-state index contributed by atoms with van der Waals surface area (Å²) in [6.07, 6.45) is -4.11. The molecule has 0 saturated carbocycles. The van der Waals surface area contributed by atoms with Crippen molar-refractivity contribution in [3.05, 3.63) is 99.7 Å². The number of sulfone groups is 1. The number of hydrogen-bond donors (Lipinski definition) is 2. The topological polar surface area (TPSA) is 152 Å². The van der Waals surface area contributed by atoms with E-state index in [1.165, 1.54) is 34.9 Å². The number of carbonyl (C=O) groups is 1. The molecule has 11 nitrogen and oxygen atoms in total. The molecule has 1 aromatic heterocycles. The van der Waals surface area contributed by atoms with E-state index < -0.39 is 49.9 Å². The summed E-state index contributed by atoms with van der Waals surface area (Å²) in [5, 5.41) is 31.2. The second kappa shape index (κ2) is 12.4. The normalized spacial score (nSPS) is 16.3. The van der Waals surface area contributed by atoms with Gasteiger partial charge in [-0.2, -0.15) is 13.2 Å². The van der Waals surface area contributed by atoms with Crippen LogP contribution in [0.2, 0.25) is 0 Å². The zero-order valence-electron chi connectivity index (χ0n) is 24.5. The number of aliphatic hydroxyl groups is 1. The molecule has 2 heterocycles. The fourth-order valence-corrected chi connectivity index (χ4v) is 7.75. The van der Waals surface area contributed by atoms with Crippen LogP contribution in [0, 0.1) is 10.1 Å². The number of carboxylic acid groups (broad SMARTS) is 1. The molecule has 4 aromatic rings. The maximum absolute atomic E-state index is 14.8. The summed E-state index contributed by atoms with van der Waals surface area (Å²) in [4.78, 5) is 23.3. The Kier molecular flexibility index (Phi) is 8.86. The van der Waals surface area contributed by atoms with Crippen LogP contribution in [-0.2, 0) is 22.0 Å². The molecule has 2 N–H and O–H groups in total. The molecular formula is C31H30F3N3O8S. The van der Waals surface area contributed by atoms with Gasteiger partial charge in [-0.1, -0.05) is 30.3 Å². The molecule has 0 amide bonds. The number of nitrogens with zero attached hydrogens (tertiary/aromatic N) is 3. The van der Waals surface area contributed by atoms with Crippen LogP contribution in [0.15, 0.2) is 77.8 Å². The standard InChI is InChI=1S/C31H30F3N3O8S/c1-45-27-15-21(29(38)39)7-10-28(27)46(43,44)23-11-13-35(14-12-23)19-30(40,31(32,33)34)25-18-36(17-20-5-3-2-4-6-20)26-16-22(37(41)42)8-9-24(25)26/h2-10,15-16,18,23,40H,11-14,17,19H2,1H3,(H,38,39). The van der Waals surface area contributed by atoms with E-state index in [-0.39, 0.29) is 65.3 Å². The number of halogens is 3. The second-order valence-corrected chi connectivity index (χ2v) is 13.4. The van der Waals surface area contributed by atoms with Crippen LogP contribution < -0.4 is 4.74 Å². The zero-order chi connectivity index (χ0) is 33.4. The van der Waals surface area contributed by atoms with Crippen molar-refractivity contribution in [3.63, 3.8) is 0 Å². The number of likely N-dealkylation sites (tertiary alicyclic amines) is 1. The van der Waals surface area contributed by atoms with Crippen LogP contribution >= 0.6 is 0 Å². The van der Waals surface area contributed by atoms with Crippen molar-refractivity contribution >= 4 is 32.4 Å². The van der Waals surface area contributed by atoms with Crippen molar-refractivity contribution < 1.29 is 46.3 Å². The Morgan fingerprint density at radius 1 is 1.07 bits per heavy atom. The number of methoxy groups -OCH3 is 1. The van der Waals surface area contributed by atoms with Crippen molar-refractivity contribution in [2.75, 3.05) is 26.7 Å². The number of hydrogen-bond acceptors (Lipinski definition) is 8. The van der Waals surface area contributed by atoms with E-state index in [4.69, 9.17) is 4.74 Å². The minimum absolute atomic E-state index is 0.00396. The van der Waals surface area contributed by atoms with Crippen LogP contribution in [0.25, 0.3) is 10.9 Å². The van der Waals surface area contributed by atoms with Crippen LogP contribution in [-0.4, -0.2) is 77.2 Å². The summed E-state index contributed by atoms with van der Waals surface area (Å²) in [6.45, 7) is -0.994. The number of nitro benzene ring substituents is 1. The van der Waals surface area contributed by atoms with E-state index in [0.717, 1.165) is 29.8 Å². The number of aromatic nitrogens is 1. The van der Waals surface area contributed by atoms with Gasteiger partial charge in [-0.25, -0.2) is 13.2 Å². The van der Waals surface area contributed by atoms with Gasteiger partial charge in [0.1, 0.15) is 10.6 Å². The minimum atomic E-state index is -5.16. The molecule has 1 saturated heterocycles. The first-order valence-electron chi connectivity index (χ1n) is 14.1. The number of carboxylic acids is 1. The predicted molar refractivity (Wildman–Crippen MR) is 161 cm³/mol. The first kappa shape index (κ1) is 32.9. The van der Waals surface area contributed by atoms with Gasteiger partial charge in [-0.05, 0) is 55.8 Å². The Bertz CT molecular complexity index is 1890. The smallest absolute Gasteiger partial charge is 0.422 e. The summed E-state index contributed by atoms with van der Waals surface area (Å²) in [7, 11) is -2.85. The lowest BCUT2D eigenvalue weighted by molar-refractivity contribution is -0.384. The number of benzene rings is 3. The monoisotopic (exact) mass is 661 g/mol. The van der Waals surface area contributed by atoms with Crippen molar-refractivity contribution in [1.29, 1.82) is 0 Å². The molecule has 0 radical (unpaired) electrons. The highest BCUT2D eigenvalue weighted by atomic mass is 32.2. The van der Waals surface area contributed by atoms with Crippen molar-refractivity contribution in [1.82, 2.24) is 9.47 Å². The van der Waals surface area contributed by atoms with Gasteiger partial charge < -0.3 is 19.5 Å². The Balaban J connectivity index is 1.44. The fraction of sp³-hybridized carbons (Fsp3) is 0.323. The van der Waals surface area contributed by atoms with E-state index in [1.54, 1.807) is 30.3 Å². The van der Waals surface area contributed by atoms with Gasteiger partial charge in [0.2, 0.25) is 5.60 Å². The van der Waals surface area contributed by atoms with E-state index in [9.17, 15) is 46.7 Å². The highest BCUT2D eigenvalue weighted by Crippen LogP contribution is 2.44. The average molecular weight is 662 g/mol. The lowest BCUT2D eigenvalue weighted by Gasteiger charge is -2.38. The number of rotatable bonds is 10. The number of nitro groups is 1. The van der Waals surface area contributed by atoms with Gasteiger partial charge in [-0.15, -0.1) is 0 Å². The van der Waals surface area contributed by atoms with Crippen molar-refractivity contribution in [2.45, 2.75) is 41.3 Å². The first-order valence-corrected chi connectivity index (χ1v) is 15.7. The van der Waals surface area contributed by atoms with Crippen LogP contribution in [0.4, 0.5) is 18.9 Å². The van der Waals surface area contributed by atoms with Crippen molar-refractivity contribution in [3.8, 4) is 5.75 Å². The number of aromatic carboxylic acids is 1. The minimum Gasteiger partial charge on any atom is -0.495 e. The van der Waals surface area contributed by atoms with Gasteiger partial charge in [0, 0.05) is 42.4 Å². The predicted octanol–water partition coefficient (Wildman–Crippen LogP) is 4.99. The van der Waals surface area contributed by atoms with Gasteiger partial charge in [0.05, 0.1) is 28.4 Å². The highest BCUT2D eigenvalue weighted by molar-refractivity contribution is 7.92. The summed E-state index contributed by atoms with van der Waals surface area (Å²) >= 11 is 0. The highest BCUT2D eigenvalue weighted by Gasteiger charge is 2.57. The quantitative estimate of drug-likeness (QED) is 0.177. The molecule has 244 valence electrons. The lowest BCUT2D eigenvalue weighted by Crippen LogP contribution is -2.53. The maximum atomic E-state index is 14.8. The van der Waals surface area contributed by atoms with E-state index in [1.807, 2.05) is 0 Å². The third-order valence-electron chi connectivity index (χ3n) is 8.33. The van der Waals surface area contributed by atoms with E-state index in [2.05, 4.69) is 0 Å². The molecule has 5 rings (SSSR count). The molecule has 0 aliphatic carbocycles. The zero-order valence-corrected chi connectivity index (χ0v) is 25.3. The Labute approximate surface area is 261 Å². The molecule has 1 unspecified atom stereocenters. The second-order valence-electron chi connectivity index (χ2n) is 11.2. The summed E-state index contributed by atoms with van der Waals surface area (Å²) in [5.41, 5.74) is -3.49. The largest absolute Gasteiger partial charge is 0.495 e. The molecule has 3 aromatic carbocycles. The SMILES string of the molecule is COc1cc(C(=O)O)ccc1S(=O)(=O)C1CCN(CC(O)(c2cn(Cc3ccccc3)c3cc([N+](=O)[O-])ccc23)C(F)(F)F)CC1. The maximum Gasteiger partial charge on any atom is 0.422 e. The Hall–Kier alpha value is -4.47. The number of piperidine rings is 1. The van der Waals surface area contributed by atoms with E-state index in [0.29, 0.717) is 0 Å². The molecule has 1 atom stereocenters. The molecule has 1 fully saturated rings. The summed E-state index contributed by atoms with van der Waals surface area (Å²) < 4.78 is 78.0. The first-order chi connectivity index (χ1) is 21.7. The lowest BCUT2D eigenvalue weighted by atomic mass is 9.91. The van der Waals surface area contributed by atoms with E-state index >= 15 is 0 Å². The third-order valence-corrected chi connectivity index (χ3v) is 10.6. The molecule has 0 bridgehead atoms. The van der Waals surface area contributed by atoms with Gasteiger partial charge in [-0.3, -0.25) is 15.0 Å². The third kappa shape index (κ3) is 6.17. The Morgan fingerprint density at radius 2 is 1.74 bits per heavy atom. The fourth-order valence-electron chi connectivity index (χ4n) is 5.88. The average Bonchev–Trinajstić information content (AvgIpc) is 3.38. The number of alkyl halides is 3. The summed E-state index contributed by atoms with van der Waals surface area (Å²) in [5.74, 6) is -1.42. The van der Waals surface area contributed by atoms with Crippen molar-refractivity contribution in [2.24, 2.45) is 0 Å². The molecule has 0 spiro atoms. The van der Waals surface area contributed by atoms with Crippen LogP contribution in [0.3, 0.4) is 0 Å².